The zero-order valence-electron chi connectivity index (χ0n) is 10.1. The predicted molar refractivity (Wildman–Crippen MR) is 61.6 cm³/mol. The molecular formula is C11H24N2O2. The molecule has 1 amide bonds. The first kappa shape index (κ1) is 14.4. The fourth-order valence-corrected chi connectivity index (χ4v) is 1.36. The zero-order valence-corrected chi connectivity index (χ0v) is 10.1. The average molecular weight is 216 g/mol. The van der Waals surface area contributed by atoms with Gasteiger partial charge in [-0.25, -0.2) is 0 Å². The summed E-state index contributed by atoms with van der Waals surface area (Å²) in [5.41, 5.74) is 5.54. The van der Waals surface area contributed by atoms with E-state index < -0.39 is 0 Å². The van der Waals surface area contributed by atoms with E-state index in [1.54, 1.807) is 7.11 Å². The van der Waals surface area contributed by atoms with E-state index in [0.717, 1.165) is 12.8 Å². The monoisotopic (exact) mass is 216 g/mol. The Morgan fingerprint density at radius 1 is 1.53 bits per heavy atom. The van der Waals surface area contributed by atoms with Crippen molar-refractivity contribution in [3.05, 3.63) is 0 Å². The molecule has 0 aromatic heterocycles. The number of carbonyl (C=O) groups excluding carboxylic acids is 1. The summed E-state index contributed by atoms with van der Waals surface area (Å²) in [5, 5.41) is 2.94. The largest absolute Gasteiger partial charge is 0.385 e. The lowest BCUT2D eigenvalue weighted by molar-refractivity contribution is -0.122. The first-order valence-electron chi connectivity index (χ1n) is 5.62. The molecule has 0 aromatic carbocycles. The SMILES string of the molecule is CCC(CN)CC(=O)NC(C)CCOC. The Morgan fingerprint density at radius 2 is 2.20 bits per heavy atom. The number of hydrogen-bond acceptors (Lipinski definition) is 3. The minimum absolute atomic E-state index is 0.0934. The summed E-state index contributed by atoms with van der Waals surface area (Å²) in [6, 6.07) is 0.174. The summed E-state index contributed by atoms with van der Waals surface area (Å²) in [5.74, 6) is 0.399. The number of ether oxygens (including phenoxy) is 1. The van der Waals surface area contributed by atoms with Crippen molar-refractivity contribution in [2.24, 2.45) is 11.7 Å². The van der Waals surface area contributed by atoms with Crippen LogP contribution >= 0.6 is 0 Å². The van der Waals surface area contributed by atoms with E-state index in [0.29, 0.717) is 25.5 Å². The molecule has 0 radical (unpaired) electrons. The van der Waals surface area contributed by atoms with E-state index >= 15 is 0 Å². The third-order valence-corrected chi connectivity index (χ3v) is 2.55. The van der Waals surface area contributed by atoms with Crippen LogP contribution < -0.4 is 11.1 Å². The van der Waals surface area contributed by atoms with Crippen molar-refractivity contribution >= 4 is 5.91 Å². The van der Waals surface area contributed by atoms with E-state index in [-0.39, 0.29) is 11.9 Å². The van der Waals surface area contributed by atoms with Crippen LogP contribution in [0.15, 0.2) is 0 Å². The zero-order chi connectivity index (χ0) is 11.7. The minimum Gasteiger partial charge on any atom is -0.385 e. The highest BCUT2D eigenvalue weighted by molar-refractivity contribution is 5.76. The van der Waals surface area contributed by atoms with Crippen molar-refractivity contribution < 1.29 is 9.53 Å². The smallest absolute Gasteiger partial charge is 0.220 e. The lowest BCUT2D eigenvalue weighted by Gasteiger charge is -2.16. The van der Waals surface area contributed by atoms with Crippen LogP contribution in [0.2, 0.25) is 0 Å². The Morgan fingerprint density at radius 3 is 2.67 bits per heavy atom. The number of amides is 1. The highest BCUT2D eigenvalue weighted by Crippen LogP contribution is 2.05. The summed E-state index contributed by atoms with van der Waals surface area (Å²) in [7, 11) is 1.66. The highest BCUT2D eigenvalue weighted by Gasteiger charge is 2.12. The molecule has 0 aliphatic rings. The lowest BCUT2D eigenvalue weighted by Crippen LogP contribution is -2.35. The van der Waals surface area contributed by atoms with E-state index in [9.17, 15) is 4.79 Å². The number of carbonyl (C=O) groups is 1. The summed E-state index contributed by atoms with van der Waals surface area (Å²) >= 11 is 0. The quantitative estimate of drug-likeness (QED) is 0.633. The number of hydrogen-bond donors (Lipinski definition) is 2. The first-order chi connectivity index (χ1) is 7.13. The van der Waals surface area contributed by atoms with Gasteiger partial charge in [0, 0.05) is 26.2 Å². The maximum atomic E-state index is 11.5. The van der Waals surface area contributed by atoms with Crippen LogP contribution in [0.3, 0.4) is 0 Å². The maximum absolute atomic E-state index is 11.5. The fraction of sp³-hybridized carbons (Fsp3) is 0.909. The number of rotatable bonds is 8. The topological polar surface area (TPSA) is 64.4 Å². The Labute approximate surface area is 92.6 Å². The van der Waals surface area contributed by atoms with Gasteiger partial charge >= 0.3 is 0 Å². The Balaban J connectivity index is 3.71. The van der Waals surface area contributed by atoms with Gasteiger partial charge in [0.1, 0.15) is 0 Å². The second-order valence-corrected chi connectivity index (χ2v) is 3.96. The van der Waals surface area contributed by atoms with E-state index in [2.05, 4.69) is 12.2 Å². The van der Waals surface area contributed by atoms with Crippen LogP contribution in [-0.2, 0) is 9.53 Å². The first-order valence-corrected chi connectivity index (χ1v) is 5.62. The minimum atomic E-state index is 0.0934. The van der Waals surface area contributed by atoms with Gasteiger partial charge in [0.25, 0.3) is 0 Å². The molecular weight excluding hydrogens is 192 g/mol. The Kier molecular flexibility index (Phi) is 8.33. The standard InChI is InChI=1S/C11H24N2O2/c1-4-10(8-12)7-11(14)13-9(2)5-6-15-3/h9-10H,4-8,12H2,1-3H3,(H,13,14). The van der Waals surface area contributed by atoms with Crippen molar-refractivity contribution in [1.29, 1.82) is 0 Å². The molecule has 0 spiro atoms. The third kappa shape index (κ3) is 7.33. The number of nitrogens with one attached hydrogen (secondary N) is 1. The molecule has 0 saturated carbocycles. The van der Waals surface area contributed by atoms with E-state index in [4.69, 9.17) is 10.5 Å². The van der Waals surface area contributed by atoms with Crippen molar-refractivity contribution in [3.63, 3.8) is 0 Å². The Bertz CT molecular complexity index is 170. The lowest BCUT2D eigenvalue weighted by atomic mass is 10.0. The summed E-state index contributed by atoms with van der Waals surface area (Å²) in [6.45, 7) is 5.30. The van der Waals surface area contributed by atoms with Crippen LogP contribution in [0, 0.1) is 5.92 Å². The van der Waals surface area contributed by atoms with Gasteiger partial charge in [0.2, 0.25) is 5.91 Å². The van der Waals surface area contributed by atoms with Gasteiger partial charge in [0.15, 0.2) is 0 Å². The molecule has 2 unspecified atom stereocenters. The van der Waals surface area contributed by atoms with Crippen LogP contribution in [0.25, 0.3) is 0 Å². The van der Waals surface area contributed by atoms with Gasteiger partial charge in [-0.3, -0.25) is 4.79 Å². The molecule has 90 valence electrons. The van der Waals surface area contributed by atoms with E-state index in [1.807, 2.05) is 6.92 Å². The molecule has 0 rings (SSSR count). The van der Waals surface area contributed by atoms with Crippen LogP contribution in [-0.4, -0.2) is 32.2 Å². The summed E-state index contributed by atoms with van der Waals surface area (Å²) in [6.07, 6.45) is 2.34. The molecule has 2 atom stereocenters. The summed E-state index contributed by atoms with van der Waals surface area (Å²) in [4.78, 5) is 11.5. The van der Waals surface area contributed by atoms with Gasteiger partial charge < -0.3 is 15.8 Å². The van der Waals surface area contributed by atoms with Crippen molar-refractivity contribution in [1.82, 2.24) is 5.32 Å². The number of nitrogens with two attached hydrogens (primary N) is 1. The molecule has 0 saturated heterocycles. The van der Waals surface area contributed by atoms with Gasteiger partial charge in [-0.1, -0.05) is 13.3 Å². The third-order valence-electron chi connectivity index (χ3n) is 2.55. The average Bonchev–Trinajstić information content (AvgIpc) is 2.22. The van der Waals surface area contributed by atoms with Crippen molar-refractivity contribution in [3.8, 4) is 0 Å². The van der Waals surface area contributed by atoms with Crippen molar-refractivity contribution in [2.45, 2.75) is 39.2 Å². The molecule has 0 bridgehead atoms. The second kappa shape index (κ2) is 8.68. The fourth-order valence-electron chi connectivity index (χ4n) is 1.36. The maximum Gasteiger partial charge on any atom is 0.220 e. The molecule has 0 heterocycles. The Hall–Kier alpha value is -0.610. The predicted octanol–water partition coefficient (Wildman–Crippen LogP) is 0.903. The molecule has 4 nitrogen and oxygen atoms in total. The van der Waals surface area contributed by atoms with E-state index in [1.165, 1.54) is 0 Å². The van der Waals surface area contributed by atoms with Crippen LogP contribution in [0.1, 0.15) is 33.1 Å². The molecule has 3 N–H and O–H groups in total. The van der Waals surface area contributed by atoms with Crippen molar-refractivity contribution in [2.75, 3.05) is 20.3 Å². The molecule has 0 aliphatic heterocycles. The molecule has 0 aromatic rings. The second-order valence-electron chi connectivity index (χ2n) is 3.96. The van der Waals surface area contributed by atoms with Gasteiger partial charge in [-0.2, -0.15) is 0 Å². The van der Waals surface area contributed by atoms with Crippen LogP contribution in [0.4, 0.5) is 0 Å². The molecule has 0 aliphatic carbocycles. The number of methoxy groups -OCH3 is 1. The van der Waals surface area contributed by atoms with Gasteiger partial charge in [-0.15, -0.1) is 0 Å². The molecule has 4 heteroatoms. The molecule has 0 fully saturated rings. The highest BCUT2D eigenvalue weighted by atomic mass is 16.5. The molecule has 15 heavy (non-hydrogen) atoms. The summed E-state index contributed by atoms with van der Waals surface area (Å²) < 4.78 is 4.95. The van der Waals surface area contributed by atoms with Crippen LogP contribution in [0.5, 0.6) is 0 Å². The van der Waals surface area contributed by atoms with Gasteiger partial charge in [0.05, 0.1) is 0 Å². The normalized spacial score (nSPS) is 14.7. The van der Waals surface area contributed by atoms with Gasteiger partial charge in [-0.05, 0) is 25.8 Å².